The van der Waals surface area contributed by atoms with Gasteiger partial charge in [-0.2, -0.15) is 9.97 Å². The van der Waals surface area contributed by atoms with E-state index >= 15 is 0 Å². The van der Waals surface area contributed by atoms with Crippen molar-refractivity contribution in [2.24, 2.45) is 0 Å². The molecule has 0 bridgehead atoms. The van der Waals surface area contributed by atoms with Crippen molar-refractivity contribution in [2.45, 2.75) is 50.7 Å². The Bertz CT molecular complexity index is 1780. The molecule has 3 aromatic rings. The van der Waals surface area contributed by atoms with Crippen molar-refractivity contribution in [1.82, 2.24) is 19.8 Å². The lowest BCUT2D eigenvalue weighted by Crippen LogP contribution is -2.44. The van der Waals surface area contributed by atoms with Crippen LogP contribution in [0.3, 0.4) is 0 Å². The van der Waals surface area contributed by atoms with Crippen LogP contribution in [0.1, 0.15) is 43.9 Å². The smallest absolute Gasteiger partial charge is 0.420 e. The van der Waals surface area contributed by atoms with E-state index in [-0.39, 0.29) is 58.2 Å². The van der Waals surface area contributed by atoms with Gasteiger partial charge in [0, 0.05) is 37.6 Å². The Morgan fingerprint density at radius 1 is 1.33 bits per heavy atom. The van der Waals surface area contributed by atoms with Crippen LogP contribution in [0.2, 0.25) is 0 Å². The molecule has 2 saturated heterocycles. The minimum atomic E-state index is -0.775. The maximum absolute atomic E-state index is 14.8. The molecule has 3 aliphatic rings. The number of carbonyl (C=O) groups is 2. The Morgan fingerprint density at radius 2 is 2.13 bits per heavy atom. The molecule has 2 aromatic carbocycles. The van der Waals surface area contributed by atoms with E-state index in [1.807, 2.05) is 11.9 Å². The number of aromatic hydroxyl groups is 1. The number of aromatic nitrogens is 2. The Balaban J connectivity index is 1.40. The monoisotopic (exact) mass is 628 g/mol. The summed E-state index contributed by atoms with van der Waals surface area (Å²) in [6, 6.07) is 5.53. The fourth-order valence-corrected chi connectivity index (χ4v) is 6.69. The highest BCUT2D eigenvalue weighted by Gasteiger charge is 2.38. The summed E-state index contributed by atoms with van der Waals surface area (Å²) in [5.41, 5.74) is 0.299. The number of terminal acetylenes is 1. The third-order valence-corrected chi connectivity index (χ3v) is 9.40. The molecule has 3 aliphatic heterocycles. The summed E-state index contributed by atoms with van der Waals surface area (Å²) in [6.45, 7) is 8.05. The van der Waals surface area contributed by atoms with Crippen molar-refractivity contribution in [3.63, 3.8) is 0 Å². The molecular weight excluding hydrogens is 591 g/mol. The average Bonchev–Trinajstić information content (AvgIpc) is 3.64. The predicted octanol–water partition coefficient (Wildman–Crippen LogP) is 4.45. The molecule has 0 aliphatic carbocycles. The van der Waals surface area contributed by atoms with E-state index in [0.717, 1.165) is 32.2 Å². The number of carbonyl (C=O) groups excluding carboxylic acids is 2. The van der Waals surface area contributed by atoms with E-state index in [9.17, 15) is 19.1 Å². The number of fused-ring (bicyclic) bond motifs is 2. The molecular formula is C34H37FN6O5. The Kier molecular flexibility index (Phi) is 8.20. The maximum atomic E-state index is 14.8. The Labute approximate surface area is 267 Å². The molecule has 0 radical (unpaired) electrons. The molecule has 0 spiro atoms. The fourth-order valence-electron chi connectivity index (χ4n) is 6.69. The van der Waals surface area contributed by atoms with Gasteiger partial charge in [-0.1, -0.05) is 18.6 Å². The standard InChI is InChI=1S/C34H37FN6O5/c1-6-24-25(35)12-11-21-16-23(42)17-27(29(21)24)41-19-26-30(46-33(41)44)31(38(4)18-22-10-8-15-40(22)28(43)7-2)37-32(36-26)45-20-34(3)13-9-14-39(34)5/h1,7,11-12,16-17,22,42H,2,8-10,13-15,18-20H2,3-5H3/t22-,34-/m0/s1. The van der Waals surface area contributed by atoms with Crippen LogP contribution < -0.4 is 19.3 Å². The van der Waals surface area contributed by atoms with Crippen molar-refractivity contribution in [1.29, 1.82) is 0 Å². The summed E-state index contributed by atoms with van der Waals surface area (Å²) < 4.78 is 27.0. The van der Waals surface area contributed by atoms with Gasteiger partial charge in [0.05, 0.1) is 23.3 Å². The van der Waals surface area contributed by atoms with Crippen LogP contribution in [-0.4, -0.2) is 88.8 Å². The van der Waals surface area contributed by atoms with Crippen molar-refractivity contribution in [2.75, 3.05) is 50.1 Å². The second kappa shape index (κ2) is 12.1. The summed E-state index contributed by atoms with van der Waals surface area (Å²) in [5.74, 6) is 1.98. The number of likely N-dealkylation sites (tertiary alicyclic amines) is 2. The molecule has 1 N–H and O–H groups in total. The van der Waals surface area contributed by atoms with Crippen LogP contribution in [0, 0.1) is 18.2 Å². The lowest BCUT2D eigenvalue weighted by Gasteiger charge is -2.34. The molecule has 46 heavy (non-hydrogen) atoms. The second-order valence-corrected chi connectivity index (χ2v) is 12.4. The van der Waals surface area contributed by atoms with Gasteiger partial charge >= 0.3 is 12.1 Å². The van der Waals surface area contributed by atoms with E-state index in [4.69, 9.17) is 20.9 Å². The molecule has 0 unspecified atom stereocenters. The molecule has 6 rings (SSSR count). The second-order valence-electron chi connectivity index (χ2n) is 12.4. The number of phenols is 1. The van der Waals surface area contributed by atoms with E-state index in [1.54, 1.807) is 4.90 Å². The van der Waals surface area contributed by atoms with Crippen molar-refractivity contribution in [3.05, 3.63) is 54.0 Å². The highest BCUT2D eigenvalue weighted by Crippen LogP contribution is 2.41. The first-order chi connectivity index (χ1) is 22.0. The van der Waals surface area contributed by atoms with Crippen molar-refractivity contribution in [3.8, 4) is 29.9 Å². The number of ether oxygens (including phenoxy) is 2. The maximum Gasteiger partial charge on any atom is 0.420 e. The summed E-state index contributed by atoms with van der Waals surface area (Å²) in [6.07, 6.45) is 9.91. The van der Waals surface area contributed by atoms with Gasteiger partial charge < -0.3 is 24.4 Å². The minimum Gasteiger partial charge on any atom is -0.508 e. The summed E-state index contributed by atoms with van der Waals surface area (Å²) in [4.78, 5) is 42.7. The van der Waals surface area contributed by atoms with Crippen LogP contribution in [0.15, 0.2) is 36.9 Å². The number of hydrogen-bond donors (Lipinski definition) is 1. The van der Waals surface area contributed by atoms with Gasteiger partial charge in [0.15, 0.2) is 11.6 Å². The van der Waals surface area contributed by atoms with Gasteiger partial charge in [-0.15, -0.1) is 6.42 Å². The van der Waals surface area contributed by atoms with Gasteiger partial charge in [-0.05, 0) is 69.8 Å². The lowest BCUT2D eigenvalue weighted by atomic mass is 10.0. The topological polar surface area (TPSA) is 112 Å². The van der Waals surface area contributed by atoms with Crippen LogP contribution in [-0.2, 0) is 11.3 Å². The molecule has 0 saturated carbocycles. The van der Waals surface area contributed by atoms with E-state index in [2.05, 4.69) is 36.4 Å². The largest absolute Gasteiger partial charge is 0.508 e. The molecule has 4 heterocycles. The number of hydrogen-bond acceptors (Lipinski definition) is 9. The minimum absolute atomic E-state index is 0.0395. The first kappa shape index (κ1) is 31.1. The normalized spacial score (nSPS) is 21.2. The van der Waals surface area contributed by atoms with Gasteiger partial charge in [0.1, 0.15) is 23.9 Å². The van der Waals surface area contributed by atoms with E-state index < -0.39 is 11.9 Å². The number of nitrogens with zero attached hydrogens (tertiary/aromatic N) is 6. The quantitative estimate of drug-likeness (QED) is 0.286. The van der Waals surface area contributed by atoms with E-state index in [0.29, 0.717) is 36.6 Å². The molecule has 2 amide bonds. The van der Waals surface area contributed by atoms with Crippen molar-refractivity contribution >= 4 is 34.3 Å². The lowest BCUT2D eigenvalue weighted by molar-refractivity contribution is -0.126. The van der Waals surface area contributed by atoms with Crippen LogP contribution in [0.5, 0.6) is 17.5 Å². The Hall–Kier alpha value is -4.89. The number of anilines is 2. The zero-order valence-electron chi connectivity index (χ0n) is 26.3. The number of amides is 2. The molecule has 11 nitrogen and oxygen atoms in total. The van der Waals surface area contributed by atoms with Gasteiger partial charge in [-0.3, -0.25) is 14.6 Å². The Morgan fingerprint density at radius 3 is 2.85 bits per heavy atom. The van der Waals surface area contributed by atoms with Crippen LogP contribution >= 0.6 is 0 Å². The number of phenolic OH excluding ortho intramolecular Hbond substituents is 1. The van der Waals surface area contributed by atoms with Gasteiger partial charge in [0.25, 0.3) is 0 Å². The summed E-state index contributed by atoms with van der Waals surface area (Å²) in [7, 11) is 3.88. The van der Waals surface area contributed by atoms with Gasteiger partial charge in [-0.25, -0.2) is 9.18 Å². The van der Waals surface area contributed by atoms with Crippen LogP contribution in [0.25, 0.3) is 10.8 Å². The molecule has 240 valence electrons. The average molecular weight is 629 g/mol. The number of rotatable bonds is 8. The summed E-state index contributed by atoms with van der Waals surface area (Å²) in [5, 5.41) is 11.3. The molecule has 12 heteroatoms. The van der Waals surface area contributed by atoms with Gasteiger partial charge in [0.2, 0.25) is 5.91 Å². The number of likely N-dealkylation sites (N-methyl/N-ethyl adjacent to an activating group) is 2. The molecule has 1 aromatic heterocycles. The third-order valence-electron chi connectivity index (χ3n) is 9.40. The first-order valence-corrected chi connectivity index (χ1v) is 15.3. The zero-order chi connectivity index (χ0) is 32.7. The highest BCUT2D eigenvalue weighted by molar-refractivity contribution is 6.06. The third kappa shape index (κ3) is 5.56. The fraction of sp³-hybridized carbons (Fsp3) is 0.412. The van der Waals surface area contributed by atoms with E-state index in [1.165, 1.54) is 35.2 Å². The first-order valence-electron chi connectivity index (χ1n) is 15.3. The summed E-state index contributed by atoms with van der Waals surface area (Å²) >= 11 is 0. The zero-order valence-corrected chi connectivity index (χ0v) is 26.3. The molecule has 2 atom stereocenters. The highest BCUT2D eigenvalue weighted by atomic mass is 19.1. The number of benzene rings is 2. The molecule has 2 fully saturated rings. The predicted molar refractivity (Wildman–Crippen MR) is 172 cm³/mol. The van der Waals surface area contributed by atoms with Crippen molar-refractivity contribution < 1.29 is 28.6 Å². The SMILES string of the molecule is C#Cc1c(F)ccc2cc(O)cc(N3Cc4nc(OC[C@]5(C)CCCN5C)nc(N(C)C[C@@H]5CCCN5C(=O)C=C)c4OC3=O)c12. The number of halogens is 1. The van der Waals surface area contributed by atoms with Crippen LogP contribution in [0.4, 0.5) is 20.7 Å².